The van der Waals surface area contributed by atoms with Crippen molar-refractivity contribution in [2.24, 2.45) is 0 Å². The molecule has 0 saturated carbocycles. The number of carbonyl (C=O) groups excluding carboxylic acids is 1. The highest BCUT2D eigenvalue weighted by Crippen LogP contribution is 2.19. The van der Waals surface area contributed by atoms with E-state index >= 15 is 0 Å². The molecule has 15 heavy (non-hydrogen) atoms. The van der Waals surface area contributed by atoms with Crippen LogP contribution in [0.5, 0.6) is 0 Å². The van der Waals surface area contributed by atoms with Gasteiger partial charge in [-0.15, -0.1) is 0 Å². The minimum Gasteiger partial charge on any atom is -0.469 e. The fourth-order valence-corrected chi connectivity index (χ4v) is 1.48. The summed E-state index contributed by atoms with van der Waals surface area (Å²) in [7, 11) is 1.37. The highest BCUT2D eigenvalue weighted by atomic mass is 32.2. The molecular weight excluding hydrogens is 212 g/mol. The lowest BCUT2D eigenvalue weighted by atomic mass is 10.2. The van der Waals surface area contributed by atoms with Gasteiger partial charge in [-0.3, -0.25) is 4.79 Å². The van der Waals surface area contributed by atoms with E-state index in [1.54, 1.807) is 0 Å². The molecule has 0 atom stereocenters. The molecule has 1 aromatic rings. The van der Waals surface area contributed by atoms with E-state index in [1.807, 2.05) is 31.2 Å². The minimum atomic E-state index is -0.250. The molecule has 0 aliphatic carbocycles. The Labute approximate surface area is 94.0 Å². The highest BCUT2D eigenvalue weighted by molar-refractivity contribution is 7.94. The van der Waals surface area contributed by atoms with Gasteiger partial charge in [-0.05, 0) is 19.1 Å². The second-order valence-electron chi connectivity index (χ2n) is 3.04. The minimum absolute atomic E-state index is 0.250. The number of rotatable bonds is 5. The van der Waals surface area contributed by atoms with Crippen molar-refractivity contribution in [3.8, 4) is 0 Å². The SMILES string of the molecule is COC(=O)CCOSc1ccc(C)cc1. The van der Waals surface area contributed by atoms with Crippen molar-refractivity contribution in [1.82, 2.24) is 0 Å². The van der Waals surface area contributed by atoms with Gasteiger partial charge in [-0.2, -0.15) is 0 Å². The average Bonchev–Trinajstić information content (AvgIpc) is 2.26. The van der Waals surface area contributed by atoms with Gasteiger partial charge in [0.25, 0.3) is 0 Å². The molecule has 0 aliphatic rings. The maximum atomic E-state index is 10.8. The third kappa shape index (κ3) is 4.85. The van der Waals surface area contributed by atoms with Crippen molar-refractivity contribution >= 4 is 18.0 Å². The van der Waals surface area contributed by atoms with Gasteiger partial charge in [0.15, 0.2) is 0 Å². The summed E-state index contributed by atoms with van der Waals surface area (Å²) in [6.45, 7) is 2.40. The smallest absolute Gasteiger partial charge is 0.307 e. The molecule has 0 saturated heterocycles. The van der Waals surface area contributed by atoms with E-state index in [9.17, 15) is 4.79 Å². The molecule has 0 aromatic heterocycles. The zero-order valence-electron chi connectivity index (χ0n) is 8.86. The third-order valence-corrected chi connectivity index (χ3v) is 2.54. The Balaban J connectivity index is 2.20. The molecule has 0 N–H and O–H groups in total. The van der Waals surface area contributed by atoms with Gasteiger partial charge >= 0.3 is 5.97 Å². The van der Waals surface area contributed by atoms with Crippen LogP contribution in [0.15, 0.2) is 29.2 Å². The zero-order valence-corrected chi connectivity index (χ0v) is 9.67. The van der Waals surface area contributed by atoms with Crippen LogP contribution in [0.25, 0.3) is 0 Å². The topological polar surface area (TPSA) is 35.5 Å². The molecule has 0 bridgehead atoms. The summed E-state index contributed by atoms with van der Waals surface area (Å²) in [5.41, 5.74) is 1.22. The normalized spacial score (nSPS) is 10.0. The van der Waals surface area contributed by atoms with Gasteiger partial charge in [0.1, 0.15) is 0 Å². The number of esters is 1. The van der Waals surface area contributed by atoms with Crippen LogP contribution < -0.4 is 0 Å². The molecule has 0 aliphatic heterocycles. The van der Waals surface area contributed by atoms with Crippen LogP contribution in [-0.2, 0) is 13.7 Å². The second kappa shape index (κ2) is 6.48. The van der Waals surface area contributed by atoms with Crippen molar-refractivity contribution in [1.29, 1.82) is 0 Å². The Morgan fingerprint density at radius 3 is 2.60 bits per heavy atom. The number of carbonyl (C=O) groups is 1. The molecule has 0 spiro atoms. The molecule has 0 heterocycles. The van der Waals surface area contributed by atoms with Crippen molar-refractivity contribution in [3.63, 3.8) is 0 Å². The van der Waals surface area contributed by atoms with Gasteiger partial charge in [-0.25, -0.2) is 0 Å². The van der Waals surface area contributed by atoms with Crippen LogP contribution >= 0.6 is 12.0 Å². The average molecular weight is 226 g/mol. The summed E-state index contributed by atoms with van der Waals surface area (Å²) in [6, 6.07) is 8.01. The number of ether oxygens (including phenoxy) is 1. The predicted molar refractivity (Wildman–Crippen MR) is 59.6 cm³/mol. The lowest BCUT2D eigenvalue weighted by Crippen LogP contribution is -2.03. The van der Waals surface area contributed by atoms with Crippen molar-refractivity contribution < 1.29 is 13.7 Å². The molecule has 0 radical (unpaired) electrons. The molecular formula is C11H14O3S. The summed E-state index contributed by atoms with van der Waals surface area (Å²) >= 11 is 1.27. The lowest BCUT2D eigenvalue weighted by Gasteiger charge is -2.02. The zero-order chi connectivity index (χ0) is 11.1. The van der Waals surface area contributed by atoms with E-state index in [4.69, 9.17) is 4.18 Å². The standard InChI is InChI=1S/C11H14O3S/c1-9-3-5-10(6-4-9)15-14-8-7-11(12)13-2/h3-6H,7-8H2,1-2H3. The van der Waals surface area contributed by atoms with Gasteiger partial charge in [0, 0.05) is 16.9 Å². The molecule has 3 nitrogen and oxygen atoms in total. The molecule has 0 amide bonds. The summed E-state index contributed by atoms with van der Waals surface area (Å²) in [5.74, 6) is -0.250. The number of hydrogen-bond acceptors (Lipinski definition) is 4. The van der Waals surface area contributed by atoms with Crippen LogP contribution in [0.1, 0.15) is 12.0 Å². The molecule has 0 unspecified atom stereocenters. The molecule has 1 aromatic carbocycles. The maximum Gasteiger partial charge on any atom is 0.307 e. The summed E-state index contributed by atoms with van der Waals surface area (Å²) in [6.07, 6.45) is 0.287. The molecule has 4 heteroatoms. The predicted octanol–water partition coefficient (Wildman–Crippen LogP) is 2.58. The van der Waals surface area contributed by atoms with Crippen LogP contribution in [0.4, 0.5) is 0 Å². The fraction of sp³-hybridized carbons (Fsp3) is 0.364. The van der Waals surface area contributed by atoms with Gasteiger partial charge in [0.2, 0.25) is 0 Å². The van der Waals surface area contributed by atoms with Gasteiger partial charge < -0.3 is 8.92 Å². The van der Waals surface area contributed by atoms with Crippen molar-refractivity contribution in [2.75, 3.05) is 13.7 Å². The first-order chi connectivity index (χ1) is 7.22. The maximum absolute atomic E-state index is 10.8. The van der Waals surface area contributed by atoms with Crippen LogP contribution in [0.2, 0.25) is 0 Å². The summed E-state index contributed by atoms with van der Waals surface area (Å²) < 4.78 is 9.74. The summed E-state index contributed by atoms with van der Waals surface area (Å²) in [4.78, 5) is 11.8. The first-order valence-electron chi connectivity index (χ1n) is 4.65. The van der Waals surface area contributed by atoms with E-state index in [0.29, 0.717) is 6.61 Å². The number of benzene rings is 1. The fourth-order valence-electron chi connectivity index (χ4n) is 0.931. The first kappa shape index (κ1) is 12.1. The van der Waals surface area contributed by atoms with Crippen molar-refractivity contribution in [2.45, 2.75) is 18.2 Å². The largest absolute Gasteiger partial charge is 0.469 e. The van der Waals surface area contributed by atoms with Gasteiger partial charge in [-0.1, -0.05) is 17.7 Å². The Kier molecular flexibility index (Phi) is 5.21. The highest BCUT2D eigenvalue weighted by Gasteiger charge is 2.00. The van der Waals surface area contributed by atoms with E-state index < -0.39 is 0 Å². The number of hydrogen-bond donors (Lipinski definition) is 0. The van der Waals surface area contributed by atoms with Crippen molar-refractivity contribution in [3.05, 3.63) is 29.8 Å². The number of aryl methyl sites for hydroxylation is 1. The van der Waals surface area contributed by atoms with Crippen LogP contribution in [-0.4, -0.2) is 19.7 Å². The molecule has 0 fully saturated rings. The Morgan fingerprint density at radius 2 is 2.00 bits per heavy atom. The second-order valence-corrected chi connectivity index (χ2v) is 3.92. The van der Waals surface area contributed by atoms with E-state index in [0.717, 1.165) is 4.90 Å². The Hall–Kier alpha value is -1.00. The number of methoxy groups -OCH3 is 1. The Bertz CT molecular complexity index is 308. The van der Waals surface area contributed by atoms with E-state index in [-0.39, 0.29) is 12.4 Å². The van der Waals surface area contributed by atoms with E-state index in [2.05, 4.69) is 4.74 Å². The van der Waals surface area contributed by atoms with Crippen LogP contribution in [0.3, 0.4) is 0 Å². The quantitative estimate of drug-likeness (QED) is 0.439. The molecule has 1 rings (SSSR count). The lowest BCUT2D eigenvalue weighted by molar-refractivity contribution is -0.141. The monoisotopic (exact) mass is 226 g/mol. The Morgan fingerprint density at radius 1 is 1.33 bits per heavy atom. The third-order valence-electron chi connectivity index (χ3n) is 1.79. The summed E-state index contributed by atoms with van der Waals surface area (Å²) in [5, 5.41) is 0. The molecule has 82 valence electrons. The first-order valence-corrected chi connectivity index (χ1v) is 5.39. The van der Waals surface area contributed by atoms with E-state index in [1.165, 1.54) is 24.7 Å². The van der Waals surface area contributed by atoms with Crippen LogP contribution in [0, 0.1) is 6.92 Å². The van der Waals surface area contributed by atoms with Gasteiger partial charge in [0.05, 0.1) is 20.1 Å².